The molecule has 176 valence electrons. The lowest BCUT2D eigenvalue weighted by molar-refractivity contribution is 0.160. The van der Waals surface area contributed by atoms with Gasteiger partial charge in [0, 0.05) is 37.8 Å². The molecule has 2 N–H and O–H groups in total. The smallest absolute Gasteiger partial charge is 0.151 e. The fourth-order valence-electron chi connectivity index (χ4n) is 5.18. The Kier molecular flexibility index (Phi) is 5.95. The Balaban J connectivity index is 1.56. The molecule has 0 bridgehead atoms. The molecule has 0 saturated carbocycles. The van der Waals surface area contributed by atoms with Crippen molar-refractivity contribution in [3.05, 3.63) is 54.0 Å². The predicted molar refractivity (Wildman–Crippen MR) is 132 cm³/mol. The minimum Gasteiger partial charge on any atom is -0.507 e. The maximum Gasteiger partial charge on any atom is 0.151 e. The van der Waals surface area contributed by atoms with Crippen molar-refractivity contribution in [3.8, 4) is 17.0 Å². The van der Waals surface area contributed by atoms with Gasteiger partial charge in [0.25, 0.3) is 0 Å². The molecule has 2 aliphatic heterocycles. The van der Waals surface area contributed by atoms with Crippen LogP contribution in [0.5, 0.6) is 5.75 Å². The van der Waals surface area contributed by atoms with E-state index in [-0.39, 0.29) is 22.4 Å². The molecule has 1 saturated heterocycles. The second-order valence-electron chi connectivity index (χ2n) is 10.6. The van der Waals surface area contributed by atoms with Crippen LogP contribution in [0.25, 0.3) is 16.8 Å². The van der Waals surface area contributed by atoms with Gasteiger partial charge < -0.3 is 20.2 Å². The lowest BCUT2D eigenvalue weighted by Gasteiger charge is -2.49. The highest BCUT2D eigenvalue weighted by molar-refractivity contribution is 5.79. The topological polar surface area (TPSA) is 64.5 Å². The Bertz CT molecular complexity index is 1050. The number of phenols is 1. The van der Waals surface area contributed by atoms with Crippen LogP contribution in [0, 0.1) is 5.82 Å². The first kappa shape index (κ1) is 23.2. The van der Waals surface area contributed by atoms with E-state index < -0.39 is 5.82 Å². The summed E-state index contributed by atoms with van der Waals surface area (Å²) in [4.78, 5) is 4.17. The molecule has 1 aromatic heterocycles. The van der Waals surface area contributed by atoms with Gasteiger partial charge in [0.05, 0.1) is 11.3 Å². The number of aromatic nitrogens is 2. The number of nitrogens with zero attached hydrogens (tertiary/aromatic N) is 4. The van der Waals surface area contributed by atoms with Crippen molar-refractivity contribution >= 4 is 11.4 Å². The minimum absolute atomic E-state index is 0.0170. The van der Waals surface area contributed by atoms with E-state index in [4.69, 9.17) is 0 Å². The van der Waals surface area contributed by atoms with Gasteiger partial charge in [0.2, 0.25) is 0 Å². The first-order chi connectivity index (χ1) is 15.4. The fourth-order valence-corrected chi connectivity index (χ4v) is 5.18. The first-order valence-corrected chi connectivity index (χ1v) is 11.4. The normalized spacial score (nSPS) is 20.0. The molecule has 0 amide bonds. The molecule has 2 aliphatic rings. The summed E-state index contributed by atoms with van der Waals surface area (Å²) in [6, 6.07) is 6.90. The molecule has 6 nitrogen and oxygen atoms in total. The van der Waals surface area contributed by atoms with Crippen LogP contribution in [0.2, 0.25) is 0 Å². The maximum atomic E-state index is 15.0. The number of rotatable bonds is 4. The molecule has 1 aromatic carbocycles. The molecule has 0 radical (unpaired) electrons. The van der Waals surface area contributed by atoms with Gasteiger partial charge in [0.15, 0.2) is 5.82 Å². The quantitative estimate of drug-likeness (QED) is 0.710. The van der Waals surface area contributed by atoms with Crippen LogP contribution in [0.3, 0.4) is 0 Å². The van der Waals surface area contributed by atoms with Gasteiger partial charge >= 0.3 is 0 Å². The highest BCUT2D eigenvalue weighted by Gasteiger charge is 2.39. The summed E-state index contributed by atoms with van der Waals surface area (Å²) in [6.07, 6.45) is 7.80. The average molecular weight is 452 g/mol. The van der Waals surface area contributed by atoms with Gasteiger partial charge in [0.1, 0.15) is 11.6 Å². The number of piperidine rings is 1. The van der Waals surface area contributed by atoms with Gasteiger partial charge in [-0.1, -0.05) is 6.08 Å². The molecule has 33 heavy (non-hydrogen) atoms. The summed E-state index contributed by atoms with van der Waals surface area (Å²) in [5, 5.41) is 23.0. The van der Waals surface area contributed by atoms with Gasteiger partial charge in [-0.05, 0) is 88.2 Å². The number of likely N-dealkylation sites (N-methyl/N-ethyl adjacent to an activating group) is 1. The fraction of sp³-hybridized carbons (Fsp3) is 0.462. The van der Waals surface area contributed by atoms with Crippen LogP contribution in [-0.4, -0.2) is 58.0 Å². The van der Waals surface area contributed by atoms with Crippen molar-refractivity contribution in [2.45, 2.75) is 57.7 Å². The largest absolute Gasteiger partial charge is 0.507 e. The Morgan fingerprint density at radius 3 is 2.36 bits per heavy atom. The minimum atomic E-state index is -0.518. The van der Waals surface area contributed by atoms with Crippen molar-refractivity contribution < 1.29 is 9.50 Å². The number of anilines is 1. The molecule has 0 unspecified atom stereocenters. The number of benzene rings is 1. The van der Waals surface area contributed by atoms with Crippen molar-refractivity contribution in [3.63, 3.8) is 0 Å². The van der Waals surface area contributed by atoms with Crippen LogP contribution in [-0.2, 0) is 0 Å². The van der Waals surface area contributed by atoms with E-state index in [0.29, 0.717) is 17.3 Å². The molecule has 4 rings (SSSR count). The van der Waals surface area contributed by atoms with Crippen molar-refractivity contribution in [2.24, 2.45) is 0 Å². The van der Waals surface area contributed by atoms with Crippen molar-refractivity contribution in [2.75, 3.05) is 25.5 Å². The number of nitrogens with one attached hydrogen (secondary N) is 1. The van der Waals surface area contributed by atoms with E-state index in [9.17, 15) is 5.11 Å². The zero-order valence-corrected chi connectivity index (χ0v) is 20.4. The SMILES string of the molecule is CN1C=CC(c2cc(O)c(-c3ccc(N(C)C4CC(C)(C)NC(C)(C)C4)nn3)c(F)c2)=CC1. The van der Waals surface area contributed by atoms with E-state index in [1.54, 1.807) is 12.1 Å². The van der Waals surface area contributed by atoms with Crippen LogP contribution in [0.15, 0.2) is 42.6 Å². The third-order valence-electron chi connectivity index (χ3n) is 6.49. The third kappa shape index (κ3) is 5.03. The van der Waals surface area contributed by atoms with E-state index in [1.807, 2.05) is 43.4 Å². The van der Waals surface area contributed by atoms with Crippen LogP contribution in [0.4, 0.5) is 10.2 Å². The summed E-state index contributed by atoms with van der Waals surface area (Å²) in [5.74, 6) is 0.0707. The van der Waals surface area contributed by atoms with Crippen LogP contribution in [0.1, 0.15) is 46.1 Å². The van der Waals surface area contributed by atoms with Crippen molar-refractivity contribution in [1.29, 1.82) is 0 Å². The predicted octanol–water partition coefficient (Wildman–Crippen LogP) is 4.58. The molecule has 0 atom stereocenters. The van der Waals surface area contributed by atoms with Gasteiger partial charge in [-0.15, -0.1) is 10.2 Å². The first-order valence-electron chi connectivity index (χ1n) is 11.4. The molecular formula is C26H34FN5O. The number of hydrogen-bond donors (Lipinski definition) is 2. The number of aromatic hydroxyl groups is 1. The number of allylic oxidation sites excluding steroid dienone is 2. The lowest BCUT2D eigenvalue weighted by atomic mass is 9.79. The maximum absolute atomic E-state index is 15.0. The summed E-state index contributed by atoms with van der Waals surface area (Å²) >= 11 is 0. The highest BCUT2D eigenvalue weighted by atomic mass is 19.1. The number of halogens is 1. The Morgan fingerprint density at radius 1 is 1.12 bits per heavy atom. The summed E-state index contributed by atoms with van der Waals surface area (Å²) < 4.78 is 15.0. The zero-order chi connectivity index (χ0) is 24.0. The van der Waals surface area contributed by atoms with Crippen molar-refractivity contribution in [1.82, 2.24) is 20.4 Å². The summed E-state index contributed by atoms with van der Waals surface area (Å²) in [6.45, 7) is 9.61. The summed E-state index contributed by atoms with van der Waals surface area (Å²) in [7, 11) is 4.00. The monoisotopic (exact) mass is 451 g/mol. The van der Waals surface area contributed by atoms with Crippen LogP contribution < -0.4 is 10.2 Å². The number of hydrogen-bond acceptors (Lipinski definition) is 6. The summed E-state index contributed by atoms with van der Waals surface area (Å²) in [5.41, 5.74) is 1.93. The Hall–Kier alpha value is -2.93. The molecule has 2 aromatic rings. The zero-order valence-electron chi connectivity index (χ0n) is 20.4. The average Bonchev–Trinajstić information content (AvgIpc) is 2.71. The number of phenolic OH excluding ortho intramolecular Hbond substituents is 1. The Morgan fingerprint density at radius 2 is 1.82 bits per heavy atom. The van der Waals surface area contributed by atoms with Gasteiger partial charge in [-0.2, -0.15) is 0 Å². The highest BCUT2D eigenvalue weighted by Crippen LogP contribution is 2.36. The second kappa shape index (κ2) is 8.45. The van der Waals surface area contributed by atoms with E-state index >= 15 is 4.39 Å². The molecule has 0 aliphatic carbocycles. The molecular weight excluding hydrogens is 417 g/mol. The van der Waals surface area contributed by atoms with Crippen LogP contribution >= 0.6 is 0 Å². The third-order valence-corrected chi connectivity index (χ3v) is 6.49. The van der Waals surface area contributed by atoms with E-state index in [1.165, 1.54) is 6.07 Å². The Labute approximate surface area is 195 Å². The molecule has 3 heterocycles. The van der Waals surface area contributed by atoms with Gasteiger partial charge in [-0.25, -0.2) is 4.39 Å². The van der Waals surface area contributed by atoms with E-state index in [2.05, 4.69) is 48.1 Å². The van der Waals surface area contributed by atoms with E-state index in [0.717, 1.165) is 30.8 Å². The standard InChI is InChI=1S/C26H34FN5O/c1-25(2)15-19(16-26(3,4)30-25)32(6)23-8-7-21(28-29-23)24-20(27)13-18(14-22(24)33)17-9-11-31(5)12-10-17/h7-11,13-14,19,30,33H,12,15-16H2,1-6H3. The molecule has 0 spiro atoms. The lowest BCUT2D eigenvalue weighted by Crippen LogP contribution is -2.62. The molecule has 7 heteroatoms. The molecule has 1 fully saturated rings. The van der Waals surface area contributed by atoms with Gasteiger partial charge in [-0.3, -0.25) is 0 Å². The second-order valence-corrected chi connectivity index (χ2v) is 10.6.